The van der Waals surface area contributed by atoms with E-state index in [9.17, 15) is 14.3 Å². The minimum absolute atomic E-state index is 0.140. The third-order valence-electron chi connectivity index (χ3n) is 4.00. The summed E-state index contributed by atoms with van der Waals surface area (Å²) in [6, 6.07) is 4.93. The fraction of sp³-hybridized carbons (Fsp3) is 0.562. The number of hydrogen-bond acceptors (Lipinski definition) is 2. The smallest absolute Gasteiger partial charge is 0.223 e. The molecule has 0 unspecified atom stereocenters. The maximum atomic E-state index is 13.4. The average Bonchev–Trinajstić information content (AvgIpc) is 2.40. The van der Waals surface area contributed by atoms with Crippen LogP contribution in [-0.2, 0) is 11.3 Å². The number of halogens is 1. The zero-order chi connectivity index (χ0) is 14.6. The summed E-state index contributed by atoms with van der Waals surface area (Å²) in [6.07, 6.45) is 4.62. The highest BCUT2D eigenvalue weighted by atomic mass is 19.1. The Kier molecular flexibility index (Phi) is 4.76. The van der Waals surface area contributed by atoms with E-state index in [1.165, 1.54) is 6.07 Å². The number of aryl methyl sites for hydroxylation is 1. The van der Waals surface area contributed by atoms with Crippen LogP contribution < -0.4 is 5.32 Å². The first-order valence-electron chi connectivity index (χ1n) is 7.23. The van der Waals surface area contributed by atoms with Crippen molar-refractivity contribution < 1.29 is 14.3 Å². The molecule has 3 nitrogen and oxygen atoms in total. The van der Waals surface area contributed by atoms with Gasteiger partial charge >= 0.3 is 0 Å². The fourth-order valence-corrected chi connectivity index (χ4v) is 2.70. The van der Waals surface area contributed by atoms with Crippen LogP contribution >= 0.6 is 0 Å². The third-order valence-corrected chi connectivity index (χ3v) is 4.00. The highest BCUT2D eigenvalue weighted by Gasteiger charge is 2.31. The van der Waals surface area contributed by atoms with Crippen LogP contribution in [0.25, 0.3) is 0 Å². The lowest BCUT2D eigenvalue weighted by Crippen LogP contribution is -2.38. The van der Waals surface area contributed by atoms with Gasteiger partial charge in [-0.25, -0.2) is 4.39 Å². The molecule has 0 aromatic heterocycles. The Morgan fingerprint density at radius 1 is 1.35 bits per heavy atom. The third kappa shape index (κ3) is 4.04. The van der Waals surface area contributed by atoms with E-state index in [1.54, 1.807) is 19.1 Å². The summed E-state index contributed by atoms with van der Waals surface area (Å²) in [7, 11) is 0. The monoisotopic (exact) mass is 279 g/mol. The molecule has 1 saturated carbocycles. The molecule has 110 valence electrons. The van der Waals surface area contributed by atoms with Crippen molar-refractivity contribution in [3.8, 4) is 0 Å². The van der Waals surface area contributed by atoms with Crippen molar-refractivity contribution in [2.24, 2.45) is 0 Å². The van der Waals surface area contributed by atoms with Crippen molar-refractivity contribution >= 4 is 5.91 Å². The molecule has 1 amide bonds. The Bertz CT molecular complexity index is 481. The van der Waals surface area contributed by atoms with Gasteiger partial charge in [0.05, 0.1) is 12.0 Å². The van der Waals surface area contributed by atoms with Crippen molar-refractivity contribution in [3.05, 3.63) is 35.1 Å². The number of rotatable bonds is 4. The Morgan fingerprint density at radius 2 is 2.05 bits per heavy atom. The van der Waals surface area contributed by atoms with E-state index in [-0.39, 0.29) is 18.1 Å². The molecule has 1 aromatic rings. The van der Waals surface area contributed by atoms with Crippen molar-refractivity contribution in [1.82, 2.24) is 5.32 Å². The van der Waals surface area contributed by atoms with Crippen LogP contribution in [0.3, 0.4) is 0 Å². The van der Waals surface area contributed by atoms with Crippen LogP contribution in [-0.4, -0.2) is 16.6 Å². The Labute approximate surface area is 119 Å². The van der Waals surface area contributed by atoms with Gasteiger partial charge in [0.1, 0.15) is 5.82 Å². The molecule has 0 bridgehead atoms. The zero-order valence-corrected chi connectivity index (χ0v) is 11.9. The largest absolute Gasteiger partial charge is 0.389 e. The fourth-order valence-electron chi connectivity index (χ4n) is 2.70. The second-order valence-electron chi connectivity index (χ2n) is 5.82. The van der Waals surface area contributed by atoms with E-state index < -0.39 is 5.60 Å². The Morgan fingerprint density at radius 3 is 2.70 bits per heavy atom. The first-order valence-corrected chi connectivity index (χ1v) is 7.23. The maximum Gasteiger partial charge on any atom is 0.223 e. The molecule has 2 rings (SSSR count). The standard InChI is InChI=1S/C16H22FNO2/c1-12-5-6-13(9-14(12)17)11-18-15(19)10-16(20)7-3-2-4-8-16/h5-6,9,20H,2-4,7-8,10-11H2,1H3,(H,18,19). The highest BCUT2D eigenvalue weighted by Crippen LogP contribution is 2.30. The molecular weight excluding hydrogens is 257 g/mol. The van der Waals surface area contributed by atoms with Gasteiger partial charge in [-0.15, -0.1) is 0 Å². The first-order chi connectivity index (χ1) is 9.48. The molecule has 0 heterocycles. The van der Waals surface area contributed by atoms with Gasteiger partial charge < -0.3 is 10.4 Å². The molecule has 1 aliphatic carbocycles. The molecule has 1 aliphatic rings. The number of amides is 1. The van der Waals surface area contributed by atoms with Gasteiger partial charge in [-0.2, -0.15) is 0 Å². The quantitative estimate of drug-likeness (QED) is 0.890. The highest BCUT2D eigenvalue weighted by molar-refractivity contribution is 5.77. The molecule has 2 N–H and O–H groups in total. The molecule has 20 heavy (non-hydrogen) atoms. The van der Waals surface area contributed by atoms with Gasteiger partial charge in [0.25, 0.3) is 0 Å². The van der Waals surface area contributed by atoms with Gasteiger partial charge in [-0.1, -0.05) is 31.4 Å². The molecule has 0 atom stereocenters. The lowest BCUT2D eigenvalue weighted by atomic mass is 9.82. The van der Waals surface area contributed by atoms with E-state index in [2.05, 4.69) is 5.32 Å². The normalized spacial score (nSPS) is 17.8. The first kappa shape index (κ1) is 15.0. The summed E-state index contributed by atoms with van der Waals surface area (Å²) < 4.78 is 13.4. The predicted molar refractivity (Wildman–Crippen MR) is 75.6 cm³/mol. The number of benzene rings is 1. The van der Waals surface area contributed by atoms with Crippen LogP contribution in [0.15, 0.2) is 18.2 Å². The van der Waals surface area contributed by atoms with E-state index in [0.29, 0.717) is 24.9 Å². The molecule has 0 aliphatic heterocycles. The lowest BCUT2D eigenvalue weighted by molar-refractivity contribution is -0.127. The maximum absolute atomic E-state index is 13.4. The summed E-state index contributed by atoms with van der Waals surface area (Å²) >= 11 is 0. The predicted octanol–water partition coefficient (Wildman–Crippen LogP) is 2.84. The minimum Gasteiger partial charge on any atom is -0.389 e. The van der Waals surface area contributed by atoms with Crippen molar-refractivity contribution in [3.63, 3.8) is 0 Å². The van der Waals surface area contributed by atoms with Gasteiger partial charge in [-0.05, 0) is 37.0 Å². The molecule has 4 heteroatoms. The van der Waals surface area contributed by atoms with Gasteiger partial charge in [0, 0.05) is 6.54 Å². The van der Waals surface area contributed by atoms with Crippen LogP contribution in [0, 0.1) is 12.7 Å². The summed E-state index contributed by atoms with van der Waals surface area (Å²) in [4.78, 5) is 11.9. The van der Waals surface area contributed by atoms with Gasteiger partial charge in [-0.3, -0.25) is 4.79 Å². The molecule has 1 fully saturated rings. The molecule has 1 aromatic carbocycles. The zero-order valence-electron chi connectivity index (χ0n) is 11.9. The lowest BCUT2D eigenvalue weighted by Gasteiger charge is -2.31. The van der Waals surface area contributed by atoms with Gasteiger partial charge in [0.2, 0.25) is 5.91 Å². The number of aliphatic hydroxyl groups is 1. The van der Waals surface area contributed by atoms with Crippen molar-refractivity contribution in [2.75, 3.05) is 0 Å². The Hall–Kier alpha value is -1.42. The van der Waals surface area contributed by atoms with Crippen LogP contribution in [0.2, 0.25) is 0 Å². The second-order valence-corrected chi connectivity index (χ2v) is 5.82. The molecule has 0 radical (unpaired) electrons. The second kappa shape index (κ2) is 6.35. The van der Waals surface area contributed by atoms with Gasteiger partial charge in [0.15, 0.2) is 0 Å². The van der Waals surface area contributed by atoms with E-state index in [0.717, 1.165) is 24.8 Å². The van der Waals surface area contributed by atoms with Crippen LogP contribution in [0.4, 0.5) is 4.39 Å². The van der Waals surface area contributed by atoms with Crippen molar-refractivity contribution in [2.45, 2.75) is 57.6 Å². The molecule has 0 spiro atoms. The summed E-state index contributed by atoms with van der Waals surface area (Å²) in [5.41, 5.74) is 0.481. The number of carbonyl (C=O) groups excluding carboxylic acids is 1. The van der Waals surface area contributed by atoms with E-state index in [4.69, 9.17) is 0 Å². The minimum atomic E-state index is -0.846. The Balaban J connectivity index is 1.84. The van der Waals surface area contributed by atoms with Crippen molar-refractivity contribution in [1.29, 1.82) is 0 Å². The van der Waals surface area contributed by atoms with Crippen LogP contribution in [0.1, 0.15) is 49.7 Å². The number of hydrogen-bond donors (Lipinski definition) is 2. The topological polar surface area (TPSA) is 49.3 Å². The number of carbonyl (C=O) groups is 1. The van der Waals surface area contributed by atoms with E-state index >= 15 is 0 Å². The molecular formula is C16H22FNO2. The SMILES string of the molecule is Cc1ccc(CNC(=O)CC2(O)CCCCC2)cc1F. The summed E-state index contributed by atoms with van der Waals surface area (Å²) in [6.45, 7) is 2.00. The number of nitrogens with one attached hydrogen (secondary N) is 1. The van der Waals surface area contributed by atoms with E-state index in [1.807, 2.05) is 0 Å². The summed E-state index contributed by atoms with van der Waals surface area (Å²) in [5.74, 6) is -0.432. The van der Waals surface area contributed by atoms with Crippen LogP contribution in [0.5, 0.6) is 0 Å². The summed E-state index contributed by atoms with van der Waals surface area (Å²) in [5, 5.41) is 13.1. The molecule has 0 saturated heterocycles. The average molecular weight is 279 g/mol.